The third-order valence-electron chi connectivity index (χ3n) is 5.67. The van der Waals surface area contributed by atoms with E-state index in [1.165, 1.54) is 11.8 Å². The van der Waals surface area contributed by atoms with Crippen LogP contribution in [0.2, 0.25) is 0 Å². The van der Waals surface area contributed by atoms with Gasteiger partial charge in [-0.05, 0) is 74.5 Å². The summed E-state index contributed by atoms with van der Waals surface area (Å²) in [5, 5.41) is 27.6. The second-order valence-electron chi connectivity index (χ2n) is 8.28. The van der Waals surface area contributed by atoms with Crippen LogP contribution in [0.15, 0.2) is 58.7 Å². The summed E-state index contributed by atoms with van der Waals surface area (Å²) in [6.45, 7) is 2.60. The molecule has 1 amide bonds. The fraction of sp³-hybridized carbons (Fsp3) is 0.261. The van der Waals surface area contributed by atoms with Crippen LogP contribution < -0.4 is 10.6 Å². The van der Waals surface area contributed by atoms with Crippen molar-refractivity contribution in [2.75, 3.05) is 23.7 Å². The van der Waals surface area contributed by atoms with Gasteiger partial charge >= 0.3 is 5.97 Å². The number of amides is 1. The number of aliphatic carboxylic acids is 1. The van der Waals surface area contributed by atoms with Crippen LogP contribution in [0.4, 0.5) is 17.3 Å². The Morgan fingerprint density at radius 3 is 2.83 bits per heavy atom. The quantitative estimate of drug-likeness (QED) is 0.292. The normalized spacial score (nSPS) is 16.0. The van der Waals surface area contributed by atoms with Crippen LogP contribution in [-0.2, 0) is 9.59 Å². The van der Waals surface area contributed by atoms with Crippen LogP contribution in [0.3, 0.4) is 0 Å². The standard InChI is InChI=1S/C23H24N8O3S/c1-14-12-19(28-27-14)25-21-17-4-3-11-31(17)29-23(26-21)35-16-8-6-15(7-9-16)24-20(32)13-30-10-2-5-18(30)22(33)34/h3-4,6-9,11-12,18H,2,5,10,13H2,1H3,(H,24,32)(H,33,34)(H2,25,26,27,28,29)/t18-/m0/s1. The second-order valence-corrected chi connectivity index (χ2v) is 9.32. The van der Waals surface area contributed by atoms with Gasteiger partial charge in [0, 0.05) is 28.5 Å². The van der Waals surface area contributed by atoms with Crippen LogP contribution in [-0.4, -0.2) is 65.8 Å². The summed E-state index contributed by atoms with van der Waals surface area (Å²) in [7, 11) is 0. The minimum absolute atomic E-state index is 0.0590. The molecule has 0 aliphatic carbocycles. The van der Waals surface area contributed by atoms with Crippen molar-refractivity contribution < 1.29 is 14.7 Å². The summed E-state index contributed by atoms with van der Waals surface area (Å²) in [5.74, 6) is 0.201. The highest BCUT2D eigenvalue weighted by Crippen LogP contribution is 2.29. The molecule has 1 aliphatic heterocycles. The van der Waals surface area contributed by atoms with Gasteiger partial charge in [-0.3, -0.25) is 19.6 Å². The molecule has 0 spiro atoms. The summed E-state index contributed by atoms with van der Waals surface area (Å²) >= 11 is 1.40. The Kier molecular flexibility index (Phi) is 6.38. The summed E-state index contributed by atoms with van der Waals surface area (Å²) < 4.78 is 1.76. The fourth-order valence-electron chi connectivity index (χ4n) is 4.04. The second kappa shape index (κ2) is 9.76. The average molecular weight is 493 g/mol. The van der Waals surface area contributed by atoms with E-state index in [1.54, 1.807) is 21.5 Å². The Balaban J connectivity index is 1.25. The number of nitrogens with zero attached hydrogens (tertiary/aromatic N) is 5. The average Bonchev–Trinajstić information content (AvgIpc) is 3.56. The maximum atomic E-state index is 12.4. The molecular weight excluding hydrogens is 468 g/mol. The number of aryl methyl sites for hydroxylation is 1. The van der Waals surface area contributed by atoms with Gasteiger partial charge in [-0.2, -0.15) is 5.10 Å². The smallest absolute Gasteiger partial charge is 0.320 e. The third-order valence-corrected chi connectivity index (χ3v) is 6.53. The number of likely N-dealkylation sites (tertiary alicyclic amines) is 1. The Labute approximate surface area is 204 Å². The molecule has 4 N–H and O–H groups in total. The van der Waals surface area contributed by atoms with E-state index in [0.717, 1.165) is 22.5 Å². The van der Waals surface area contributed by atoms with Crippen LogP contribution in [0, 0.1) is 6.92 Å². The molecule has 35 heavy (non-hydrogen) atoms. The molecule has 5 rings (SSSR count). The Morgan fingerprint density at radius 1 is 1.26 bits per heavy atom. The van der Waals surface area contributed by atoms with Gasteiger partial charge in [0.1, 0.15) is 11.6 Å². The zero-order valence-electron chi connectivity index (χ0n) is 18.9. The molecule has 1 aromatic carbocycles. The van der Waals surface area contributed by atoms with Gasteiger partial charge in [-0.25, -0.2) is 9.50 Å². The molecule has 1 aliphatic rings. The van der Waals surface area contributed by atoms with Gasteiger partial charge in [0.25, 0.3) is 0 Å². The molecule has 4 aromatic rings. The molecule has 1 fully saturated rings. The third kappa shape index (κ3) is 5.28. The van der Waals surface area contributed by atoms with Crippen molar-refractivity contribution in [3.05, 3.63) is 54.4 Å². The van der Waals surface area contributed by atoms with E-state index >= 15 is 0 Å². The topological polar surface area (TPSA) is 141 Å². The van der Waals surface area contributed by atoms with Crippen LogP contribution >= 0.6 is 11.8 Å². The first-order chi connectivity index (χ1) is 16.9. The van der Waals surface area contributed by atoms with E-state index in [1.807, 2.05) is 43.5 Å². The zero-order chi connectivity index (χ0) is 24.4. The summed E-state index contributed by atoms with van der Waals surface area (Å²) in [6, 6.07) is 12.5. The maximum Gasteiger partial charge on any atom is 0.320 e. The van der Waals surface area contributed by atoms with Gasteiger partial charge in [0.05, 0.1) is 6.54 Å². The monoisotopic (exact) mass is 492 g/mol. The molecule has 3 aromatic heterocycles. The number of nitrogens with one attached hydrogen (secondary N) is 3. The largest absolute Gasteiger partial charge is 0.480 e. The number of carboxylic acid groups (broad SMARTS) is 1. The predicted octanol–water partition coefficient (Wildman–Crippen LogP) is 3.14. The summed E-state index contributed by atoms with van der Waals surface area (Å²) in [4.78, 5) is 31.0. The molecule has 1 atom stereocenters. The number of H-pyrrole nitrogens is 1. The van der Waals surface area contributed by atoms with Gasteiger partial charge in [0.15, 0.2) is 11.6 Å². The van der Waals surface area contributed by atoms with E-state index in [-0.39, 0.29) is 12.5 Å². The first-order valence-electron chi connectivity index (χ1n) is 11.1. The van der Waals surface area contributed by atoms with E-state index in [0.29, 0.717) is 35.4 Å². The lowest BCUT2D eigenvalue weighted by Gasteiger charge is -2.20. The number of aromatic amines is 1. The maximum absolute atomic E-state index is 12.4. The van der Waals surface area contributed by atoms with Crippen molar-refractivity contribution in [3.63, 3.8) is 0 Å². The highest BCUT2D eigenvalue weighted by molar-refractivity contribution is 7.99. The number of benzene rings is 1. The Bertz CT molecular complexity index is 1370. The van der Waals surface area contributed by atoms with E-state index < -0.39 is 12.0 Å². The lowest BCUT2D eigenvalue weighted by Crippen LogP contribution is -2.40. The molecule has 180 valence electrons. The van der Waals surface area contributed by atoms with Gasteiger partial charge in [-0.1, -0.05) is 0 Å². The van der Waals surface area contributed by atoms with Crippen LogP contribution in [0.5, 0.6) is 0 Å². The van der Waals surface area contributed by atoms with Crippen molar-refractivity contribution in [1.82, 2.24) is 29.7 Å². The number of anilines is 3. The van der Waals surface area contributed by atoms with E-state index in [9.17, 15) is 14.7 Å². The van der Waals surface area contributed by atoms with Gasteiger partial charge in [-0.15, -0.1) is 5.10 Å². The number of carbonyl (C=O) groups is 2. The predicted molar refractivity (Wildman–Crippen MR) is 131 cm³/mol. The fourth-order valence-corrected chi connectivity index (χ4v) is 4.79. The lowest BCUT2D eigenvalue weighted by molar-refractivity contribution is -0.142. The number of hydrogen-bond acceptors (Lipinski definition) is 8. The number of rotatable bonds is 8. The molecule has 1 saturated heterocycles. The number of aromatic nitrogens is 5. The molecular formula is C23H24N8O3S. The van der Waals surface area contributed by atoms with Crippen molar-refractivity contribution in [2.24, 2.45) is 0 Å². The number of carbonyl (C=O) groups excluding carboxylic acids is 1. The highest BCUT2D eigenvalue weighted by atomic mass is 32.2. The number of hydrogen-bond donors (Lipinski definition) is 4. The van der Waals surface area contributed by atoms with E-state index in [4.69, 9.17) is 0 Å². The molecule has 0 unspecified atom stereocenters. The van der Waals surface area contributed by atoms with Gasteiger partial charge < -0.3 is 15.7 Å². The molecule has 0 bridgehead atoms. The van der Waals surface area contributed by atoms with Crippen molar-refractivity contribution in [2.45, 2.75) is 35.9 Å². The Morgan fingerprint density at radius 2 is 2.09 bits per heavy atom. The first kappa shape index (κ1) is 22.9. The van der Waals surface area contributed by atoms with Gasteiger partial charge in [0.2, 0.25) is 11.1 Å². The molecule has 0 radical (unpaired) electrons. The summed E-state index contributed by atoms with van der Waals surface area (Å²) in [5.41, 5.74) is 2.41. The van der Waals surface area contributed by atoms with Crippen molar-refractivity contribution in [1.29, 1.82) is 0 Å². The minimum atomic E-state index is -0.880. The highest BCUT2D eigenvalue weighted by Gasteiger charge is 2.31. The van der Waals surface area contributed by atoms with Crippen LogP contribution in [0.25, 0.3) is 5.52 Å². The molecule has 0 saturated carbocycles. The summed E-state index contributed by atoms with van der Waals surface area (Å²) in [6.07, 6.45) is 3.21. The SMILES string of the molecule is Cc1cc(Nc2nc(Sc3ccc(NC(=O)CN4CCC[C@H]4C(=O)O)cc3)nn3cccc23)n[nH]1. The first-order valence-corrected chi connectivity index (χ1v) is 12.0. The molecule has 11 nitrogen and oxygen atoms in total. The van der Waals surface area contributed by atoms with E-state index in [2.05, 4.69) is 30.9 Å². The van der Waals surface area contributed by atoms with Crippen molar-refractivity contribution >= 4 is 46.5 Å². The number of carboxylic acids is 1. The van der Waals surface area contributed by atoms with Crippen LogP contribution in [0.1, 0.15) is 18.5 Å². The molecule has 4 heterocycles. The molecule has 12 heteroatoms. The number of fused-ring (bicyclic) bond motifs is 1. The van der Waals surface area contributed by atoms with Crippen molar-refractivity contribution in [3.8, 4) is 0 Å². The lowest BCUT2D eigenvalue weighted by atomic mass is 10.2. The minimum Gasteiger partial charge on any atom is -0.480 e. The Hall–Kier alpha value is -3.90. The zero-order valence-corrected chi connectivity index (χ0v) is 19.7.